The Morgan fingerprint density at radius 1 is 0.615 bits per heavy atom. The molecule has 2 aliphatic heterocycles. The van der Waals surface area contributed by atoms with Crippen molar-refractivity contribution in [2.45, 2.75) is 54.3 Å². The lowest BCUT2D eigenvalue weighted by atomic mass is 9.98. The van der Waals surface area contributed by atoms with Gasteiger partial charge in [-0.25, -0.2) is 0 Å². The van der Waals surface area contributed by atoms with E-state index in [1.54, 1.807) is 11.8 Å². The SMILES string of the molecule is c1ccc(COC2[C@@H](Sc3ccccc3)OC3COC(c4ccccc4)O[C@H]3[C@@H]2OCc2ccccc2)cc1. The third-order valence-electron chi connectivity index (χ3n) is 6.92. The molecule has 2 saturated heterocycles. The molecule has 5 nitrogen and oxygen atoms in total. The van der Waals surface area contributed by atoms with Gasteiger partial charge in [0.25, 0.3) is 0 Å². The van der Waals surface area contributed by atoms with E-state index < -0.39 is 6.29 Å². The maximum Gasteiger partial charge on any atom is 0.184 e. The highest BCUT2D eigenvalue weighted by molar-refractivity contribution is 7.99. The highest BCUT2D eigenvalue weighted by Crippen LogP contribution is 2.41. The molecule has 3 unspecified atom stereocenters. The molecule has 2 aliphatic rings. The molecule has 0 spiro atoms. The van der Waals surface area contributed by atoms with Gasteiger partial charge in [0, 0.05) is 10.5 Å². The van der Waals surface area contributed by atoms with Crippen molar-refractivity contribution >= 4 is 11.8 Å². The van der Waals surface area contributed by atoms with Crippen molar-refractivity contribution in [1.29, 1.82) is 0 Å². The molecular formula is C33H32O5S. The lowest BCUT2D eigenvalue weighted by Gasteiger charge is -2.49. The zero-order valence-corrected chi connectivity index (χ0v) is 22.4. The fourth-order valence-corrected chi connectivity index (χ4v) is 6.10. The first kappa shape index (κ1) is 26.3. The highest BCUT2D eigenvalue weighted by atomic mass is 32.2. The molecule has 0 amide bonds. The second-order valence-corrected chi connectivity index (χ2v) is 10.8. The summed E-state index contributed by atoms with van der Waals surface area (Å²) < 4.78 is 32.8. The summed E-state index contributed by atoms with van der Waals surface area (Å²) in [4.78, 5) is 1.11. The van der Waals surface area contributed by atoms with Crippen LogP contribution in [0.5, 0.6) is 0 Å². The van der Waals surface area contributed by atoms with Gasteiger partial charge in [-0.2, -0.15) is 0 Å². The van der Waals surface area contributed by atoms with E-state index in [1.165, 1.54) is 0 Å². The summed E-state index contributed by atoms with van der Waals surface area (Å²) in [5.41, 5.74) is 2.86. The molecule has 4 aromatic carbocycles. The van der Waals surface area contributed by atoms with Crippen molar-refractivity contribution in [2.75, 3.05) is 6.61 Å². The topological polar surface area (TPSA) is 46.2 Å². The minimum Gasteiger partial charge on any atom is -0.368 e. The van der Waals surface area contributed by atoms with Crippen LogP contribution >= 0.6 is 11.8 Å². The van der Waals surface area contributed by atoms with Crippen LogP contribution in [0.25, 0.3) is 0 Å². The fraction of sp³-hybridized carbons (Fsp3) is 0.273. The number of hydrogen-bond donors (Lipinski definition) is 0. The summed E-state index contributed by atoms with van der Waals surface area (Å²) in [6, 6.07) is 40.7. The standard InChI is InChI=1S/C33H32O5S/c1-5-13-24(14-6-1)21-34-30-29-28(23-36-32(38-29)26-17-9-3-10-18-26)37-33(39-27-19-11-4-12-20-27)31(30)35-22-25-15-7-2-8-16-25/h1-20,28-33H,21-23H2/t28?,29-,30+,31?,32?,33-/m1/s1. The smallest absolute Gasteiger partial charge is 0.184 e. The van der Waals surface area contributed by atoms with E-state index in [0.717, 1.165) is 21.6 Å². The van der Waals surface area contributed by atoms with Gasteiger partial charge >= 0.3 is 0 Å². The van der Waals surface area contributed by atoms with E-state index in [2.05, 4.69) is 36.4 Å². The van der Waals surface area contributed by atoms with Gasteiger partial charge in [-0.1, -0.05) is 121 Å². The van der Waals surface area contributed by atoms with Crippen LogP contribution in [0, 0.1) is 0 Å². The van der Waals surface area contributed by atoms with Gasteiger partial charge in [0.2, 0.25) is 0 Å². The molecule has 0 N–H and O–H groups in total. The predicted octanol–water partition coefficient (Wildman–Crippen LogP) is 6.79. The maximum atomic E-state index is 6.69. The Morgan fingerprint density at radius 2 is 1.15 bits per heavy atom. The second kappa shape index (κ2) is 12.9. The van der Waals surface area contributed by atoms with Gasteiger partial charge in [0.1, 0.15) is 29.9 Å². The lowest BCUT2D eigenvalue weighted by molar-refractivity contribution is -0.329. The molecule has 0 bridgehead atoms. The zero-order valence-electron chi connectivity index (χ0n) is 21.6. The average Bonchev–Trinajstić information content (AvgIpc) is 3.01. The van der Waals surface area contributed by atoms with Crippen LogP contribution in [0.1, 0.15) is 23.0 Å². The first-order valence-electron chi connectivity index (χ1n) is 13.3. The Balaban J connectivity index is 1.30. The van der Waals surface area contributed by atoms with Gasteiger partial charge in [0.15, 0.2) is 6.29 Å². The zero-order chi connectivity index (χ0) is 26.3. The van der Waals surface area contributed by atoms with Crippen LogP contribution in [0.4, 0.5) is 0 Å². The number of hydrogen-bond acceptors (Lipinski definition) is 6. The second-order valence-electron chi connectivity index (χ2n) is 9.67. The van der Waals surface area contributed by atoms with Crippen LogP contribution in [-0.4, -0.2) is 36.5 Å². The van der Waals surface area contributed by atoms with Crippen LogP contribution in [0.15, 0.2) is 126 Å². The number of rotatable bonds is 9. The Bertz CT molecular complexity index is 1270. The minimum absolute atomic E-state index is 0.288. The molecule has 0 aromatic heterocycles. The van der Waals surface area contributed by atoms with E-state index in [-0.39, 0.29) is 29.9 Å². The van der Waals surface area contributed by atoms with Crippen molar-refractivity contribution in [3.8, 4) is 0 Å². The van der Waals surface area contributed by atoms with Crippen molar-refractivity contribution in [3.05, 3.63) is 138 Å². The minimum atomic E-state index is -0.494. The molecule has 0 saturated carbocycles. The summed E-state index contributed by atoms with van der Waals surface area (Å²) in [6.07, 6.45) is -1.89. The van der Waals surface area contributed by atoms with Crippen LogP contribution in [0.2, 0.25) is 0 Å². The molecule has 39 heavy (non-hydrogen) atoms. The Morgan fingerprint density at radius 3 is 1.77 bits per heavy atom. The first-order valence-corrected chi connectivity index (χ1v) is 14.2. The van der Waals surface area contributed by atoms with E-state index in [0.29, 0.717) is 19.8 Å². The molecular weight excluding hydrogens is 508 g/mol. The van der Waals surface area contributed by atoms with E-state index in [4.69, 9.17) is 23.7 Å². The summed E-state index contributed by atoms with van der Waals surface area (Å²) in [5.74, 6) is 0. The normalized spacial score (nSPS) is 26.6. The van der Waals surface area contributed by atoms with E-state index >= 15 is 0 Å². The van der Waals surface area contributed by atoms with Crippen molar-refractivity contribution < 1.29 is 23.7 Å². The van der Waals surface area contributed by atoms with E-state index in [9.17, 15) is 0 Å². The largest absolute Gasteiger partial charge is 0.368 e. The third kappa shape index (κ3) is 6.61. The van der Waals surface area contributed by atoms with Crippen LogP contribution < -0.4 is 0 Å². The fourth-order valence-electron chi connectivity index (χ4n) is 4.95. The van der Waals surface area contributed by atoms with Gasteiger partial charge < -0.3 is 23.7 Å². The monoisotopic (exact) mass is 540 g/mol. The quantitative estimate of drug-likeness (QED) is 0.233. The maximum absolute atomic E-state index is 6.69. The molecule has 200 valence electrons. The molecule has 0 radical (unpaired) electrons. The molecule has 6 heteroatoms. The summed E-state index contributed by atoms with van der Waals surface area (Å²) in [5, 5.41) is 0. The molecule has 6 rings (SSSR count). The molecule has 2 fully saturated rings. The third-order valence-corrected chi connectivity index (χ3v) is 8.08. The van der Waals surface area contributed by atoms with E-state index in [1.807, 2.05) is 84.9 Å². The predicted molar refractivity (Wildman–Crippen MR) is 151 cm³/mol. The number of ether oxygens (including phenoxy) is 5. The lowest BCUT2D eigenvalue weighted by Crippen LogP contribution is -2.62. The van der Waals surface area contributed by atoms with Crippen molar-refractivity contribution in [2.24, 2.45) is 0 Å². The van der Waals surface area contributed by atoms with Crippen molar-refractivity contribution in [1.82, 2.24) is 0 Å². The van der Waals surface area contributed by atoms with Crippen LogP contribution in [-0.2, 0) is 36.9 Å². The number of benzene rings is 4. The molecule has 2 heterocycles. The highest BCUT2D eigenvalue weighted by Gasteiger charge is 2.51. The Kier molecular flexibility index (Phi) is 8.70. The summed E-state index contributed by atoms with van der Waals surface area (Å²) in [7, 11) is 0. The number of fused-ring (bicyclic) bond motifs is 1. The van der Waals surface area contributed by atoms with Gasteiger partial charge in [0.05, 0.1) is 19.8 Å². The summed E-state index contributed by atoms with van der Waals surface area (Å²) >= 11 is 1.65. The van der Waals surface area contributed by atoms with Gasteiger partial charge in [-0.3, -0.25) is 0 Å². The van der Waals surface area contributed by atoms with Crippen LogP contribution in [0.3, 0.4) is 0 Å². The van der Waals surface area contributed by atoms with Gasteiger partial charge in [-0.05, 0) is 23.3 Å². The Labute approximate surface area is 234 Å². The molecule has 0 aliphatic carbocycles. The first-order chi connectivity index (χ1) is 19.3. The Hall–Kier alpha value is -2.97. The van der Waals surface area contributed by atoms with Crippen molar-refractivity contribution in [3.63, 3.8) is 0 Å². The number of thioether (sulfide) groups is 1. The van der Waals surface area contributed by atoms with Gasteiger partial charge in [-0.15, -0.1) is 0 Å². The molecule has 4 aromatic rings. The average molecular weight is 541 g/mol. The summed E-state index contributed by atoms with van der Waals surface area (Å²) in [6.45, 7) is 1.30. The molecule has 6 atom stereocenters.